The highest BCUT2D eigenvalue weighted by atomic mass is 32.1. The van der Waals surface area contributed by atoms with Crippen molar-refractivity contribution in [2.75, 3.05) is 11.9 Å². The Bertz CT molecular complexity index is 623. The molecule has 0 radical (unpaired) electrons. The van der Waals surface area contributed by atoms with E-state index in [0.29, 0.717) is 9.88 Å². The van der Waals surface area contributed by atoms with Crippen molar-refractivity contribution in [2.24, 2.45) is 0 Å². The first-order chi connectivity index (χ1) is 9.20. The van der Waals surface area contributed by atoms with Crippen LogP contribution in [0.4, 0.5) is 5.00 Å². The third-order valence-corrected chi connectivity index (χ3v) is 3.16. The van der Waals surface area contributed by atoms with Gasteiger partial charge in [0.2, 0.25) is 0 Å². The van der Waals surface area contributed by atoms with E-state index in [4.69, 9.17) is 10.8 Å². The van der Waals surface area contributed by atoms with Crippen molar-refractivity contribution in [1.29, 1.82) is 0 Å². The second-order valence-corrected chi connectivity index (χ2v) is 4.57. The van der Waals surface area contributed by atoms with Crippen molar-refractivity contribution >= 4 is 28.2 Å². The molecule has 0 aliphatic carbocycles. The standard InChI is InChI=1S/C13H10N2O3S/c1-2-7-14-13(17)10-5-6-11(19-10)15-12(16)9-4-3-8-18-9/h1,3-6,8H,7H2,(H,14,17)(H,15,16). The molecule has 19 heavy (non-hydrogen) atoms. The lowest BCUT2D eigenvalue weighted by atomic mass is 10.4. The molecule has 0 atom stereocenters. The number of carbonyl (C=O) groups excluding carboxylic acids is 2. The van der Waals surface area contributed by atoms with Crippen molar-refractivity contribution in [2.45, 2.75) is 0 Å². The highest BCUT2D eigenvalue weighted by Gasteiger charge is 2.12. The Labute approximate surface area is 113 Å². The van der Waals surface area contributed by atoms with E-state index >= 15 is 0 Å². The molecule has 2 aromatic heterocycles. The number of carbonyl (C=O) groups is 2. The van der Waals surface area contributed by atoms with Gasteiger partial charge in [-0.3, -0.25) is 9.59 Å². The van der Waals surface area contributed by atoms with Gasteiger partial charge in [-0.25, -0.2) is 0 Å². The van der Waals surface area contributed by atoms with Crippen LogP contribution in [-0.2, 0) is 0 Å². The van der Waals surface area contributed by atoms with Gasteiger partial charge in [0, 0.05) is 0 Å². The Kier molecular flexibility index (Phi) is 4.00. The number of rotatable bonds is 4. The van der Waals surface area contributed by atoms with E-state index in [1.165, 1.54) is 6.26 Å². The van der Waals surface area contributed by atoms with Crippen LogP contribution >= 0.6 is 11.3 Å². The molecule has 2 N–H and O–H groups in total. The van der Waals surface area contributed by atoms with Gasteiger partial charge in [0.05, 0.1) is 22.7 Å². The van der Waals surface area contributed by atoms with Crippen LogP contribution in [-0.4, -0.2) is 18.4 Å². The van der Waals surface area contributed by atoms with Gasteiger partial charge in [-0.05, 0) is 24.3 Å². The van der Waals surface area contributed by atoms with E-state index in [1.54, 1.807) is 24.3 Å². The molecule has 2 heterocycles. The monoisotopic (exact) mass is 274 g/mol. The van der Waals surface area contributed by atoms with Gasteiger partial charge in [0.1, 0.15) is 0 Å². The number of furan rings is 1. The number of terminal acetylenes is 1. The summed E-state index contributed by atoms with van der Waals surface area (Å²) in [6.45, 7) is 0.171. The Morgan fingerprint density at radius 2 is 2.16 bits per heavy atom. The largest absolute Gasteiger partial charge is 0.459 e. The van der Waals surface area contributed by atoms with E-state index in [1.807, 2.05) is 0 Å². The summed E-state index contributed by atoms with van der Waals surface area (Å²) in [7, 11) is 0. The molecule has 0 spiro atoms. The summed E-state index contributed by atoms with van der Waals surface area (Å²) >= 11 is 1.16. The molecule has 0 saturated heterocycles. The molecular formula is C13H10N2O3S. The summed E-state index contributed by atoms with van der Waals surface area (Å²) in [6.07, 6.45) is 6.47. The van der Waals surface area contributed by atoms with Crippen LogP contribution in [0.15, 0.2) is 34.9 Å². The fourth-order valence-electron chi connectivity index (χ4n) is 1.33. The van der Waals surface area contributed by atoms with Gasteiger partial charge < -0.3 is 15.1 Å². The van der Waals surface area contributed by atoms with Crippen LogP contribution in [0.1, 0.15) is 20.2 Å². The number of hydrogen-bond donors (Lipinski definition) is 2. The minimum atomic E-state index is -0.359. The molecule has 2 aromatic rings. The zero-order valence-electron chi connectivity index (χ0n) is 9.80. The lowest BCUT2D eigenvalue weighted by Crippen LogP contribution is -2.22. The lowest BCUT2D eigenvalue weighted by molar-refractivity contribution is 0.0961. The number of amides is 2. The maximum atomic E-state index is 11.7. The van der Waals surface area contributed by atoms with E-state index in [0.717, 1.165) is 11.3 Å². The first kappa shape index (κ1) is 12.9. The zero-order chi connectivity index (χ0) is 13.7. The third-order valence-electron chi connectivity index (χ3n) is 2.16. The fourth-order valence-corrected chi connectivity index (χ4v) is 2.14. The molecule has 2 amide bonds. The summed E-state index contributed by atoms with van der Waals surface area (Å²) in [4.78, 5) is 23.8. The van der Waals surface area contributed by atoms with Crippen LogP contribution in [0.25, 0.3) is 0 Å². The van der Waals surface area contributed by atoms with Crippen LogP contribution in [0, 0.1) is 12.3 Å². The van der Waals surface area contributed by atoms with Gasteiger partial charge in [-0.1, -0.05) is 5.92 Å². The Morgan fingerprint density at radius 3 is 2.84 bits per heavy atom. The molecule has 0 saturated carbocycles. The molecule has 0 aliphatic heterocycles. The van der Waals surface area contributed by atoms with Crippen molar-refractivity contribution < 1.29 is 14.0 Å². The molecule has 96 valence electrons. The first-order valence-electron chi connectivity index (χ1n) is 5.37. The molecular weight excluding hydrogens is 264 g/mol. The van der Waals surface area contributed by atoms with Crippen LogP contribution in [0.3, 0.4) is 0 Å². The van der Waals surface area contributed by atoms with Gasteiger partial charge >= 0.3 is 0 Å². The highest BCUT2D eigenvalue weighted by molar-refractivity contribution is 7.18. The fraction of sp³-hybridized carbons (Fsp3) is 0.0769. The maximum absolute atomic E-state index is 11.7. The summed E-state index contributed by atoms with van der Waals surface area (Å²) in [5, 5.41) is 5.75. The predicted molar refractivity (Wildman–Crippen MR) is 72.1 cm³/mol. The quantitative estimate of drug-likeness (QED) is 0.837. The smallest absolute Gasteiger partial charge is 0.291 e. The molecule has 2 rings (SSSR count). The normalized spacial score (nSPS) is 9.63. The van der Waals surface area contributed by atoms with Crippen molar-refractivity contribution in [3.8, 4) is 12.3 Å². The molecule has 0 unspecified atom stereocenters. The Morgan fingerprint density at radius 1 is 1.32 bits per heavy atom. The van der Waals surface area contributed by atoms with E-state index in [-0.39, 0.29) is 24.1 Å². The van der Waals surface area contributed by atoms with Crippen LogP contribution < -0.4 is 10.6 Å². The maximum Gasteiger partial charge on any atom is 0.291 e. The molecule has 0 bridgehead atoms. The number of hydrogen-bond acceptors (Lipinski definition) is 4. The van der Waals surface area contributed by atoms with Crippen molar-refractivity contribution in [1.82, 2.24) is 5.32 Å². The van der Waals surface area contributed by atoms with Gasteiger partial charge in [0.25, 0.3) is 11.8 Å². The second kappa shape index (κ2) is 5.89. The predicted octanol–water partition coefficient (Wildman–Crippen LogP) is 1.96. The molecule has 0 fully saturated rings. The summed E-state index contributed by atoms with van der Waals surface area (Å²) in [5.74, 6) is 1.91. The SMILES string of the molecule is C#CCNC(=O)c1ccc(NC(=O)c2ccco2)s1. The number of nitrogens with one attached hydrogen (secondary N) is 2. The number of thiophene rings is 1. The zero-order valence-corrected chi connectivity index (χ0v) is 10.6. The van der Waals surface area contributed by atoms with E-state index in [9.17, 15) is 9.59 Å². The van der Waals surface area contributed by atoms with Gasteiger partial charge in [-0.2, -0.15) is 0 Å². The van der Waals surface area contributed by atoms with E-state index in [2.05, 4.69) is 16.6 Å². The summed E-state index contributed by atoms with van der Waals surface area (Å²) in [5.41, 5.74) is 0. The molecule has 0 aromatic carbocycles. The molecule has 5 nitrogen and oxygen atoms in total. The topological polar surface area (TPSA) is 71.3 Å². The Hall–Kier alpha value is -2.52. The molecule has 0 aliphatic rings. The minimum absolute atomic E-state index is 0.171. The minimum Gasteiger partial charge on any atom is -0.459 e. The van der Waals surface area contributed by atoms with Crippen LogP contribution in [0.5, 0.6) is 0 Å². The van der Waals surface area contributed by atoms with Crippen LogP contribution in [0.2, 0.25) is 0 Å². The van der Waals surface area contributed by atoms with Crippen molar-refractivity contribution in [3.05, 3.63) is 41.2 Å². The first-order valence-corrected chi connectivity index (χ1v) is 6.18. The highest BCUT2D eigenvalue weighted by Crippen LogP contribution is 2.22. The average Bonchev–Trinajstić information content (AvgIpc) is 3.06. The summed E-state index contributed by atoms with van der Waals surface area (Å²) in [6, 6.07) is 6.45. The van der Waals surface area contributed by atoms with Crippen molar-refractivity contribution in [3.63, 3.8) is 0 Å². The van der Waals surface area contributed by atoms with E-state index < -0.39 is 0 Å². The summed E-state index contributed by atoms with van der Waals surface area (Å²) < 4.78 is 4.97. The number of anilines is 1. The average molecular weight is 274 g/mol. The van der Waals surface area contributed by atoms with Gasteiger partial charge in [0.15, 0.2) is 5.76 Å². The van der Waals surface area contributed by atoms with Gasteiger partial charge in [-0.15, -0.1) is 17.8 Å². The Balaban J connectivity index is 2.00. The third kappa shape index (κ3) is 3.24. The lowest BCUT2D eigenvalue weighted by Gasteiger charge is -1.99. The second-order valence-electron chi connectivity index (χ2n) is 3.48. The molecule has 6 heteroatoms.